The van der Waals surface area contributed by atoms with Crippen LogP contribution in [0.2, 0.25) is 0 Å². The van der Waals surface area contributed by atoms with E-state index in [9.17, 15) is 4.79 Å². The molecule has 1 unspecified atom stereocenters. The van der Waals surface area contributed by atoms with Crippen molar-refractivity contribution in [1.82, 2.24) is 5.32 Å². The van der Waals surface area contributed by atoms with Gasteiger partial charge in [-0.2, -0.15) is 0 Å². The minimum Gasteiger partial charge on any atom is -0.410 e. The van der Waals surface area contributed by atoms with E-state index >= 15 is 0 Å². The number of hydrogen-bond donors (Lipinski definition) is 1. The van der Waals surface area contributed by atoms with Gasteiger partial charge in [0.05, 0.1) is 0 Å². The number of carbonyl (C=O) groups is 1. The standard InChI is InChI=1S/C12H17NO2/c1-9(2)10(3)13-12(14)15-11-7-5-4-6-8-11/h4-10H,1-3H3,(H,13,14). The number of hydrogen-bond acceptors (Lipinski definition) is 2. The second kappa shape index (κ2) is 5.39. The van der Waals surface area contributed by atoms with Gasteiger partial charge in [0.2, 0.25) is 0 Å². The molecule has 0 aliphatic carbocycles. The zero-order chi connectivity index (χ0) is 11.3. The summed E-state index contributed by atoms with van der Waals surface area (Å²) >= 11 is 0. The van der Waals surface area contributed by atoms with E-state index in [0.717, 1.165) is 0 Å². The lowest BCUT2D eigenvalue weighted by atomic mass is 10.1. The van der Waals surface area contributed by atoms with E-state index in [2.05, 4.69) is 5.32 Å². The first-order valence-electron chi connectivity index (χ1n) is 5.13. The van der Waals surface area contributed by atoms with Crippen molar-refractivity contribution in [3.8, 4) is 5.75 Å². The van der Waals surface area contributed by atoms with Gasteiger partial charge in [0.15, 0.2) is 0 Å². The zero-order valence-electron chi connectivity index (χ0n) is 9.36. The number of benzene rings is 1. The Bertz CT molecular complexity index is 309. The Balaban J connectivity index is 2.43. The molecule has 3 nitrogen and oxygen atoms in total. The number of para-hydroxylation sites is 1. The summed E-state index contributed by atoms with van der Waals surface area (Å²) < 4.78 is 5.09. The molecule has 1 aromatic rings. The van der Waals surface area contributed by atoms with Gasteiger partial charge in [-0.25, -0.2) is 4.79 Å². The molecule has 0 fully saturated rings. The summed E-state index contributed by atoms with van der Waals surface area (Å²) in [6.07, 6.45) is -0.401. The molecule has 1 atom stereocenters. The number of carbonyl (C=O) groups excluding carboxylic acids is 1. The fourth-order valence-electron chi connectivity index (χ4n) is 0.978. The molecular formula is C12H17NO2. The number of rotatable bonds is 3. The highest BCUT2D eigenvalue weighted by molar-refractivity contribution is 5.70. The Morgan fingerprint density at radius 2 is 1.80 bits per heavy atom. The van der Waals surface area contributed by atoms with E-state index < -0.39 is 6.09 Å². The number of ether oxygens (including phenoxy) is 1. The van der Waals surface area contributed by atoms with Crippen LogP contribution in [0.3, 0.4) is 0 Å². The normalized spacial score (nSPS) is 12.3. The van der Waals surface area contributed by atoms with Gasteiger partial charge < -0.3 is 10.1 Å². The van der Waals surface area contributed by atoms with Gasteiger partial charge in [-0.05, 0) is 25.0 Å². The molecule has 1 N–H and O–H groups in total. The first kappa shape index (κ1) is 11.6. The van der Waals surface area contributed by atoms with Gasteiger partial charge in [-0.1, -0.05) is 32.0 Å². The van der Waals surface area contributed by atoms with Gasteiger partial charge in [0.25, 0.3) is 0 Å². The molecule has 1 aromatic carbocycles. The van der Waals surface area contributed by atoms with Crippen LogP contribution in [0.25, 0.3) is 0 Å². The molecule has 82 valence electrons. The summed E-state index contributed by atoms with van der Waals surface area (Å²) in [6, 6.07) is 9.14. The number of amides is 1. The van der Waals surface area contributed by atoms with E-state index in [-0.39, 0.29) is 6.04 Å². The van der Waals surface area contributed by atoms with Crippen molar-refractivity contribution in [2.75, 3.05) is 0 Å². The van der Waals surface area contributed by atoms with Gasteiger partial charge >= 0.3 is 6.09 Å². The van der Waals surface area contributed by atoms with Crippen LogP contribution in [0, 0.1) is 5.92 Å². The van der Waals surface area contributed by atoms with Crippen molar-refractivity contribution in [3.05, 3.63) is 30.3 Å². The summed E-state index contributed by atoms with van der Waals surface area (Å²) in [7, 11) is 0. The van der Waals surface area contributed by atoms with Gasteiger partial charge in [-0.15, -0.1) is 0 Å². The predicted molar refractivity (Wildman–Crippen MR) is 59.9 cm³/mol. The Morgan fingerprint density at radius 1 is 1.20 bits per heavy atom. The quantitative estimate of drug-likeness (QED) is 0.827. The van der Waals surface area contributed by atoms with Crippen molar-refractivity contribution in [2.45, 2.75) is 26.8 Å². The van der Waals surface area contributed by atoms with Gasteiger partial charge in [-0.3, -0.25) is 0 Å². The van der Waals surface area contributed by atoms with E-state index in [0.29, 0.717) is 11.7 Å². The molecule has 0 saturated carbocycles. The second-order valence-corrected chi connectivity index (χ2v) is 3.88. The van der Waals surface area contributed by atoms with Crippen LogP contribution < -0.4 is 10.1 Å². The SMILES string of the molecule is CC(C)C(C)NC(=O)Oc1ccccc1. The van der Waals surface area contributed by atoms with Crippen molar-refractivity contribution in [2.24, 2.45) is 5.92 Å². The highest BCUT2D eigenvalue weighted by Gasteiger charge is 2.11. The Morgan fingerprint density at radius 3 is 2.33 bits per heavy atom. The van der Waals surface area contributed by atoms with Crippen molar-refractivity contribution in [3.63, 3.8) is 0 Å². The lowest BCUT2D eigenvalue weighted by Gasteiger charge is -2.16. The maximum absolute atomic E-state index is 11.4. The first-order valence-corrected chi connectivity index (χ1v) is 5.13. The largest absolute Gasteiger partial charge is 0.412 e. The van der Waals surface area contributed by atoms with Crippen LogP contribution >= 0.6 is 0 Å². The molecule has 1 amide bonds. The number of nitrogens with one attached hydrogen (secondary N) is 1. The fourth-order valence-corrected chi connectivity index (χ4v) is 0.978. The monoisotopic (exact) mass is 207 g/mol. The molecule has 0 aliphatic rings. The average molecular weight is 207 g/mol. The second-order valence-electron chi connectivity index (χ2n) is 3.88. The summed E-state index contributed by atoms with van der Waals surface area (Å²) in [5.41, 5.74) is 0. The summed E-state index contributed by atoms with van der Waals surface area (Å²) in [6.45, 7) is 6.05. The maximum atomic E-state index is 11.4. The minimum atomic E-state index is -0.401. The minimum absolute atomic E-state index is 0.112. The molecular weight excluding hydrogens is 190 g/mol. The van der Waals surface area contributed by atoms with Crippen molar-refractivity contribution < 1.29 is 9.53 Å². The molecule has 1 rings (SSSR count). The Labute approximate surface area is 90.4 Å². The molecule has 15 heavy (non-hydrogen) atoms. The van der Waals surface area contributed by atoms with Crippen LogP contribution in [0.5, 0.6) is 5.75 Å². The summed E-state index contributed by atoms with van der Waals surface area (Å²) in [5.74, 6) is 0.958. The van der Waals surface area contributed by atoms with Crippen molar-refractivity contribution in [1.29, 1.82) is 0 Å². The molecule has 0 aromatic heterocycles. The third kappa shape index (κ3) is 4.02. The van der Waals surface area contributed by atoms with Crippen LogP contribution in [-0.4, -0.2) is 12.1 Å². The highest BCUT2D eigenvalue weighted by Crippen LogP contribution is 2.09. The molecule has 0 heterocycles. The lowest BCUT2D eigenvalue weighted by Crippen LogP contribution is -2.37. The van der Waals surface area contributed by atoms with Gasteiger partial charge in [0.1, 0.15) is 5.75 Å². The molecule has 3 heteroatoms. The van der Waals surface area contributed by atoms with Crippen LogP contribution in [-0.2, 0) is 0 Å². The third-order valence-electron chi connectivity index (χ3n) is 2.30. The highest BCUT2D eigenvalue weighted by atomic mass is 16.6. The Hall–Kier alpha value is -1.51. The molecule has 0 aliphatic heterocycles. The van der Waals surface area contributed by atoms with Crippen molar-refractivity contribution >= 4 is 6.09 Å². The van der Waals surface area contributed by atoms with E-state index in [4.69, 9.17) is 4.74 Å². The van der Waals surface area contributed by atoms with Crippen LogP contribution in [0.4, 0.5) is 4.79 Å². The molecule has 0 spiro atoms. The van der Waals surface area contributed by atoms with E-state index in [1.165, 1.54) is 0 Å². The fraction of sp³-hybridized carbons (Fsp3) is 0.417. The van der Waals surface area contributed by atoms with Gasteiger partial charge in [0, 0.05) is 6.04 Å². The summed E-state index contributed by atoms with van der Waals surface area (Å²) in [5, 5.41) is 2.77. The van der Waals surface area contributed by atoms with E-state index in [1.54, 1.807) is 12.1 Å². The zero-order valence-corrected chi connectivity index (χ0v) is 9.36. The average Bonchev–Trinajstić information content (AvgIpc) is 2.18. The molecule has 0 saturated heterocycles. The topological polar surface area (TPSA) is 38.3 Å². The Kier molecular flexibility index (Phi) is 4.16. The third-order valence-corrected chi connectivity index (χ3v) is 2.30. The lowest BCUT2D eigenvalue weighted by molar-refractivity contribution is 0.193. The smallest absolute Gasteiger partial charge is 0.410 e. The first-order chi connectivity index (χ1) is 7.09. The summed E-state index contributed by atoms with van der Waals surface area (Å²) in [4.78, 5) is 11.4. The maximum Gasteiger partial charge on any atom is 0.412 e. The predicted octanol–water partition coefficient (Wildman–Crippen LogP) is 2.82. The van der Waals surface area contributed by atoms with Crippen LogP contribution in [0.15, 0.2) is 30.3 Å². The van der Waals surface area contributed by atoms with Crippen LogP contribution in [0.1, 0.15) is 20.8 Å². The van der Waals surface area contributed by atoms with E-state index in [1.807, 2.05) is 39.0 Å². The molecule has 0 radical (unpaired) electrons. The molecule has 0 bridgehead atoms.